The number of esters is 1. The van der Waals surface area contributed by atoms with Crippen LogP contribution >= 0.6 is 11.6 Å². The van der Waals surface area contributed by atoms with E-state index in [1.165, 1.54) is 24.3 Å². The van der Waals surface area contributed by atoms with Crippen LogP contribution in [0.25, 0.3) is 0 Å². The maximum absolute atomic E-state index is 13.9. The number of nitrogens with zero attached hydrogens (tertiary/aromatic N) is 1. The van der Waals surface area contributed by atoms with E-state index in [1.807, 2.05) is 0 Å². The van der Waals surface area contributed by atoms with Crippen LogP contribution in [0, 0.1) is 5.82 Å². The molecule has 0 atom stereocenters. The van der Waals surface area contributed by atoms with Crippen LogP contribution in [0.1, 0.15) is 28.8 Å². The molecule has 1 amide bonds. The molecule has 1 saturated carbocycles. The first-order valence-electron chi connectivity index (χ1n) is 8.20. The van der Waals surface area contributed by atoms with Crippen molar-refractivity contribution in [3.05, 3.63) is 64.4 Å². The molecule has 0 radical (unpaired) electrons. The number of carbonyl (C=O) groups is 2. The van der Waals surface area contributed by atoms with Crippen LogP contribution in [0.2, 0.25) is 5.02 Å². The van der Waals surface area contributed by atoms with Gasteiger partial charge in [0.1, 0.15) is 5.82 Å². The Kier molecular flexibility index (Phi) is 5.42. The molecule has 1 aliphatic carbocycles. The van der Waals surface area contributed by atoms with Crippen LogP contribution in [-0.2, 0) is 16.1 Å². The molecule has 0 spiro atoms. The molecule has 0 bridgehead atoms. The van der Waals surface area contributed by atoms with Gasteiger partial charge in [-0.05, 0) is 37.1 Å². The van der Waals surface area contributed by atoms with Crippen LogP contribution in [0.15, 0.2) is 42.5 Å². The van der Waals surface area contributed by atoms with Gasteiger partial charge in [-0.25, -0.2) is 9.18 Å². The van der Waals surface area contributed by atoms with E-state index >= 15 is 0 Å². The number of rotatable bonds is 6. The Hall–Kier alpha value is -2.60. The van der Waals surface area contributed by atoms with E-state index in [0.29, 0.717) is 10.6 Å². The second kappa shape index (κ2) is 7.74. The average molecular weight is 377 g/mol. The third-order valence-electron chi connectivity index (χ3n) is 4.16. The summed E-state index contributed by atoms with van der Waals surface area (Å²) in [7, 11) is 0. The Morgan fingerprint density at radius 1 is 1.23 bits per heavy atom. The summed E-state index contributed by atoms with van der Waals surface area (Å²) < 4.78 is 18.9. The highest BCUT2D eigenvalue weighted by molar-refractivity contribution is 6.33. The Morgan fingerprint density at radius 3 is 2.62 bits per heavy atom. The molecule has 2 aromatic carbocycles. The fraction of sp³-hybridized carbons (Fsp3) is 0.263. The zero-order chi connectivity index (χ0) is 18.7. The minimum atomic E-state index is -0.664. The lowest BCUT2D eigenvalue weighted by Crippen LogP contribution is -2.36. The largest absolute Gasteiger partial charge is 0.452 e. The van der Waals surface area contributed by atoms with Crippen molar-refractivity contribution in [2.45, 2.75) is 25.4 Å². The molecule has 0 heterocycles. The van der Waals surface area contributed by atoms with Gasteiger partial charge in [-0.2, -0.15) is 0 Å². The number of anilines is 1. The van der Waals surface area contributed by atoms with Gasteiger partial charge < -0.3 is 15.4 Å². The van der Waals surface area contributed by atoms with Gasteiger partial charge in [0.15, 0.2) is 6.61 Å². The van der Waals surface area contributed by atoms with Crippen molar-refractivity contribution >= 4 is 29.2 Å². The van der Waals surface area contributed by atoms with Crippen LogP contribution in [-0.4, -0.2) is 29.4 Å². The first-order chi connectivity index (χ1) is 12.5. The first kappa shape index (κ1) is 18.2. The minimum Gasteiger partial charge on any atom is -0.452 e. The molecule has 0 aliphatic heterocycles. The molecular formula is C19H18ClFN2O3. The Balaban J connectivity index is 1.62. The average Bonchev–Trinajstić information content (AvgIpc) is 3.46. The number of nitrogens with two attached hydrogens (primary N) is 1. The number of benzene rings is 2. The summed E-state index contributed by atoms with van der Waals surface area (Å²) in [5.74, 6) is -1.38. The summed E-state index contributed by atoms with van der Waals surface area (Å²) in [5, 5.41) is 0.336. The Bertz CT molecular complexity index is 839. The summed E-state index contributed by atoms with van der Waals surface area (Å²) in [6.07, 6.45) is 1.73. The SMILES string of the molecule is Nc1cc(C(=O)OCC(=O)N(Cc2ccccc2F)C2CC2)ccc1Cl. The first-order valence-corrected chi connectivity index (χ1v) is 8.58. The van der Waals surface area contributed by atoms with E-state index < -0.39 is 12.6 Å². The second-order valence-corrected chi connectivity index (χ2v) is 6.56. The third kappa shape index (κ3) is 4.32. The highest BCUT2D eigenvalue weighted by Gasteiger charge is 2.33. The number of hydrogen-bond donors (Lipinski definition) is 1. The molecule has 2 aromatic rings. The lowest BCUT2D eigenvalue weighted by Gasteiger charge is -2.22. The summed E-state index contributed by atoms with van der Waals surface area (Å²) in [5.41, 5.74) is 6.57. The molecule has 2 N–H and O–H groups in total. The summed E-state index contributed by atoms with van der Waals surface area (Å²) in [6, 6.07) is 10.7. The highest BCUT2D eigenvalue weighted by atomic mass is 35.5. The van der Waals surface area contributed by atoms with Gasteiger partial charge in [0.05, 0.1) is 16.3 Å². The molecule has 0 saturated heterocycles. The molecule has 0 unspecified atom stereocenters. The van der Waals surface area contributed by atoms with Crippen molar-refractivity contribution in [2.75, 3.05) is 12.3 Å². The monoisotopic (exact) mass is 376 g/mol. The zero-order valence-corrected chi connectivity index (χ0v) is 14.7. The molecular weight excluding hydrogens is 359 g/mol. The van der Waals surface area contributed by atoms with Crippen molar-refractivity contribution in [1.82, 2.24) is 4.90 Å². The Labute approximate surface area is 155 Å². The molecule has 1 fully saturated rings. The topological polar surface area (TPSA) is 72.6 Å². The second-order valence-electron chi connectivity index (χ2n) is 6.16. The van der Waals surface area contributed by atoms with E-state index in [-0.39, 0.29) is 35.6 Å². The van der Waals surface area contributed by atoms with Gasteiger partial charge in [0.2, 0.25) is 0 Å². The van der Waals surface area contributed by atoms with Crippen molar-refractivity contribution in [2.24, 2.45) is 0 Å². The number of halogens is 2. The number of hydrogen-bond acceptors (Lipinski definition) is 4. The molecule has 5 nitrogen and oxygen atoms in total. The van der Waals surface area contributed by atoms with Crippen molar-refractivity contribution in [3.63, 3.8) is 0 Å². The lowest BCUT2D eigenvalue weighted by atomic mass is 10.2. The fourth-order valence-electron chi connectivity index (χ4n) is 2.58. The van der Waals surface area contributed by atoms with Gasteiger partial charge in [0.25, 0.3) is 5.91 Å². The smallest absolute Gasteiger partial charge is 0.338 e. The molecule has 0 aromatic heterocycles. The van der Waals surface area contributed by atoms with E-state index in [2.05, 4.69) is 0 Å². The van der Waals surface area contributed by atoms with Gasteiger partial charge in [-0.15, -0.1) is 0 Å². The van der Waals surface area contributed by atoms with E-state index in [9.17, 15) is 14.0 Å². The number of amides is 1. The molecule has 26 heavy (non-hydrogen) atoms. The van der Waals surface area contributed by atoms with Crippen LogP contribution in [0.5, 0.6) is 0 Å². The van der Waals surface area contributed by atoms with Gasteiger partial charge in [-0.3, -0.25) is 4.79 Å². The van der Waals surface area contributed by atoms with Gasteiger partial charge >= 0.3 is 5.97 Å². The van der Waals surface area contributed by atoms with E-state index in [1.54, 1.807) is 23.1 Å². The van der Waals surface area contributed by atoms with Crippen molar-refractivity contribution < 1.29 is 18.7 Å². The van der Waals surface area contributed by atoms with Crippen molar-refractivity contribution in [1.29, 1.82) is 0 Å². The normalized spacial score (nSPS) is 13.3. The number of nitrogen functional groups attached to an aromatic ring is 1. The molecule has 3 rings (SSSR count). The molecule has 136 valence electrons. The lowest BCUT2D eigenvalue weighted by molar-refractivity contribution is -0.135. The van der Waals surface area contributed by atoms with Crippen LogP contribution < -0.4 is 5.73 Å². The maximum atomic E-state index is 13.9. The quantitative estimate of drug-likeness (QED) is 0.619. The standard InChI is InChI=1S/C19H18ClFN2O3/c20-15-8-5-12(9-17(15)22)19(25)26-11-18(24)23(14-6-7-14)10-13-3-1-2-4-16(13)21/h1-5,8-9,14H,6-7,10-11,22H2. The fourth-order valence-corrected chi connectivity index (χ4v) is 2.70. The predicted molar refractivity (Wildman–Crippen MR) is 96.1 cm³/mol. The third-order valence-corrected chi connectivity index (χ3v) is 4.51. The Morgan fingerprint density at radius 2 is 1.96 bits per heavy atom. The van der Waals surface area contributed by atoms with E-state index in [0.717, 1.165) is 12.8 Å². The maximum Gasteiger partial charge on any atom is 0.338 e. The summed E-state index contributed by atoms with van der Waals surface area (Å²) >= 11 is 5.82. The van der Waals surface area contributed by atoms with E-state index in [4.69, 9.17) is 22.1 Å². The van der Waals surface area contributed by atoms with Crippen LogP contribution in [0.3, 0.4) is 0 Å². The van der Waals surface area contributed by atoms with Crippen molar-refractivity contribution in [3.8, 4) is 0 Å². The summed E-state index contributed by atoms with van der Waals surface area (Å²) in [6.45, 7) is -0.256. The van der Waals surface area contributed by atoms with Crippen LogP contribution in [0.4, 0.5) is 10.1 Å². The molecule has 7 heteroatoms. The minimum absolute atomic E-state index is 0.0620. The predicted octanol–water partition coefficient (Wildman–Crippen LogP) is 3.41. The molecule has 1 aliphatic rings. The van der Waals surface area contributed by atoms with Gasteiger partial charge in [-0.1, -0.05) is 29.8 Å². The number of carbonyl (C=O) groups excluding carboxylic acids is 2. The number of ether oxygens (including phenoxy) is 1. The summed E-state index contributed by atoms with van der Waals surface area (Å²) in [4.78, 5) is 26.1. The highest BCUT2D eigenvalue weighted by Crippen LogP contribution is 2.29. The van der Waals surface area contributed by atoms with Gasteiger partial charge in [0, 0.05) is 18.2 Å². The zero-order valence-electron chi connectivity index (χ0n) is 14.0.